The molecule has 12 heteroatoms. The molecule has 0 saturated heterocycles. The number of ether oxygens (including phenoxy) is 2. The van der Waals surface area contributed by atoms with E-state index in [9.17, 15) is 22.7 Å². The minimum atomic E-state index is -2.94. The lowest BCUT2D eigenvalue weighted by molar-refractivity contribution is -0.152. The van der Waals surface area contributed by atoms with E-state index in [0.717, 1.165) is 9.64 Å². The van der Waals surface area contributed by atoms with Gasteiger partial charge in [0.05, 0.1) is 5.69 Å². The molecule has 0 amide bonds. The fourth-order valence-electron chi connectivity index (χ4n) is 3.27. The van der Waals surface area contributed by atoms with Crippen LogP contribution in [0.25, 0.3) is 22.2 Å². The number of halogens is 2. The number of esters is 1. The quantitative estimate of drug-likeness (QED) is 0.217. The van der Waals surface area contributed by atoms with Crippen molar-refractivity contribution in [2.24, 2.45) is 0 Å². The van der Waals surface area contributed by atoms with E-state index in [1.165, 1.54) is 22.9 Å². The van der Waals surface area contributed by atoms with Gasteiger partial charge in [0.25, 0.3) is 0 Å². The molecular formula is C24H26FIN3O6S-. The number of hydrogen-bond donors (Lipinski definition) is 0. The molecule has 0 aliphatic carbocycles. The first kappa shape index (κ1) is 28.0. The minimum Gasteiger partial charge on any atom is -0.755 e. The first-order valence-corrected chi connectivity index (χ1v) is 13.0. The maximum absolute atomic E-state index is 14.7. The van der Waals surface area contributed by atoms with Crippen LogP contribution < -0.4 is 4.31 Å². The number of hydrogen-bond acceptors (Lipinski definition) is 7. The Hall–Kier alpha value is -2.58. The van der Waals surface area contributed by atoms with Crippen LogP contribution in [0.1, 0.15) is 41.5 Å². The molecule has 0 aliphatic rings. The highest BCUT2D eigenvalue weighted by atomic mass is 127. The van der Waals surface area contributed by atoms with Crippen molar-refractivity contribution in [2.75, 3.05) is 10.8 Å². The van der Waals surface area contributed by atoms with E-state index >= 15 is 0 Å². The summed E-state index contributed by atoms with van der Waals surface area (Å²) in [6.45, 7) is 9.53. The maximum atomic E-state index is 14.7. The normalized spacial score (nSPS) is 12.9. The lowest BCUT2D eigenvalue weighted by atomic mass is 10.1. The van der Waals surface area contributed by atoms with E-state index in [1.54, 1.807) is 53.8 Å². The molecule has 0 spiro atoms. The zero-order valence-electron chi connectivity index (χ0n) is 20.6. The summed E-state index contributed by atoms with van der Waals surface area (Å²) < 4.78 is 51.7. The van der Waals surface area contributed by atoms with Gasteiger partial charge in [-0.25, -0.2) is 18.7 Å². The molecule has 1 aromatic carbocycles. The van der Waals surface area contributed by atoms with Crippen LogP contribution in [0.15, 0.2) is 36.7 Å². The maximum Gasteiger partial charge on any atom is 0.420 e. The second-order valence-electron chi connectivity index (χ2n) is 9.93. The number of rotatable bonds is 5. The smallest absolute Gasteiger partial charge is 0.420 e. The zero-order chi connectivity index (χ0) is 27.0. The standard InChI is InChI=1S/C24H27FIN3O6S/c1-23(2,3)34-20(30)13-29(36(32)33)19-10-14(7-8-17(19)25)15-9-16-18(26)12-28(21(16)27-11-15)22(31)35-24(4,5)6/h7-12H,13H2,1-6H3,(H,32,33)/p-1. The Morgan fingerprint density at radius 1 is 1.11 bits per heavy atom. The van der Waals surface area contributed by atoms with Crippen molar-refractivity contribution in [1.29, 1.82) is 0 Å². The molecule has 9 nitrogen and oxygen atoms in total. The monoisotopic (exact) mass is 630 g/mol. The summed E-state index contributed by atoms with van der Waals surface area (Å²) in [5.41, 5.74) is -0.434. The summed E-state index contributed by atoms with van der Waals surface area (Å²) in [4.78, 5) is 29.2. The first-order valence-electron chi connectivity index (χ1n) is 10.8. The number of benzene rings is 1. The van der Waals surface area contributed by atoms with Crippen molar-refractivity contribution in [3.8, 4) is 11.1 Å². The summed E-state index contributed by atoms with van der Waals surface area (Å²) in [6.07, 6.45) is 2.52. The van der Waals surface area contributed by atoms with Gasteiger partial charge in [0, 0.05) is 38.2 Å². The van der Waals surface area contributed by atoms with Crippen LogP contribution in [0.5, 0.6) is 0 Å². The summed E-state index contributed by atoms with van der Waals surface area (Å²) in [5.74, 6) is -1.65. The van der Waals surface area contributed by atoms with Gasteiger partial charge in [0.2, 0.25) is 0 Å². The zero-order valence-corrected chi connectivity index (χ0v) is 23.6. The van der Waals surface area contributed by atoms with E-state index < -0.39 is 46.9 Å². The third-order valence-corrected chi connectivity index (χ3v) is 6.15. The average molecular weight is 630 g/mol. The molecule has 194 valence electrons. The number of aromatic nitrogens is 2. The van der Waals surface area contributed by atoms with Gasteiger partial charge in [-0.1, -0.05) is 6.07 Å². The second-order valence-corrected chi connectivity index (χ2v) is 12.0. The van der Waals surface area contributed by atoms with Crippen LogP contribution in [-0.2, 0) is 25.5 Å². The van der Waals surface area contributed by atoms with Crippen molar-refractivity contribution in [3.05, 3.63) is 46.0 Å². The van der Waals surface area contributed by atoms with Crippen molar-refractivity contribution in [2.45, 2.75) is 52.7 Å². The van der Waals surface area contributed by atoms with Crippen LogP contribution in [0.2, 0.25) is 0 Å². The highest BCUT2D eigenvalue weighted by Crippen LogP contribution is 2.31. The van der Waals surface area contributed by atoms with Gasteiger partial charge in [-0.3, -0.25) is 13.3 Å². The molecule has 3 rings (SSSR count). The lowest BCUT2D eigenvalue weighted by Crippen LogP contribution is -2.36. The van der Waals surface area contributed by atoms with Gasteiger partial charge in [-0.2, -0.15) is 0 Å². The van der Waals surface area contributed by atoms with E-state index in [4.69, 9.17) is 9.47 Å². The molecule has 0 radical (unpaired) electrons. The number of fused-ring (bicyclic) bond motifs is 1. The molecule has 3 aromatic rings. The number of anilines is 1. The number of carbonyl (C=O) groups excluding carboxylic acids is 2. The summed E-state index contributed by atoms with van der Waals surface area (Å²) in [6, 6.07) is 5.66. The Morgan fingerprint density at radius 3 is 2.33 bits per heavy atom. The van der Waals surface area contributed by atoms with Crippen molar-refractivity contribution < 1.29 is 32.2 Å². The Labute approximate surface area is 224 Å². The Kier molecular flexibility index (Phi) is 8.10. The van der Waals surface area contributed by atoms with Gasteiger partial charge in [0.1, 0.15) is 23.6 Å². The van der Waals surface area contributed by atoms with Gasteiger partial charge in [-0.15, -0.1) is 0 Å². The van der Waals surface area contributed by atoms with Gasteiger partial charge in [-0.05, 0) is 87.9 Å². The molecule has 0 bridgehead atoms. The molecular weight excluding hydrogens is 604 g/mol. The molecule has 1 unspecified atom stereocenters. The van der Waals surface area contributed by atoms with E-state index in [2.05, 4.69) is 27.6 Å². The van der Waals surface area contributed by atoms with Crippen LogP contribution in [-0.4, -0.2) is 48.1 Å². The highest BCUT2D eigenvalue weighted by Gasteiger charge is 2.24. The fourth-order valence-corrected chi connectivity index (χ4v) is 4.46. The fraction of sp³-hybridized carbons (Fsp3) is 0.375. The number of nitrogens with zero attached hydrogens (tertiary/aromatic N) is 3. The van der Waals surface area contributed by atoms with Crippen LogP contribution in [0.3, 0.4) is 0 Å². The largest absolute Gasteiger partial charge is 0.755 e. The van der Waals surface area contributed by atoms with E-state index in [1.807, 2.05) is 0 Å². The first-order chi connectivity index (χ1) is 16.6. The predicted molar refractivity (Wildman–Crippen MR) is 142 cm³/mol. The molecule has 36 heavy (non-hydrogen) atoms. The van der Waals surface area contributed by atoms with Crippen molar-refractivity contribution >= 4 is 62.6 Å². The van der Waals surface area contributed by atoms with Gasteiger partial charge >= 0.3 is 12.1 Å². The van der Waals surface area contributed by atoms with Crippen LogP contribution >= 0.6 is 22.6 Å². The lowest BCUT2D eigenvalue weighted by Gasteiger charge is -2.28. The van der Waals surface area contributed by atoms with Gasteiger partial charge < -0.3 is 14.0 Å². The summed E-state index contributed by atoms with van der Waals surface area (Å²) in [5, 5.41) is 0.655. The average Bonchev–Trinajstić information content (AvgIpc) is 3.06. The minimum absolute atomic E-state index is 0.312. The Bertz CT molecular complexity index is 1350. The van der Waals surface area contributed by atoms with E-state index in [0.29, 0.717) is 26.5 Å². The SMILES string of the molecule is CC(C)(C)OC(=O)CN(c1cc(-c2cnc3c(c2)c(I)cn3C(=O)OC(C)(C)C)ccc1F)S(=O)[O-]. The number of pyridine rings is 1. The number of carbonyl (C=O) groups is 2. The van der Waals surface area contributed by atoms with E-state index in [-0.39, 0.29) is 5.69 Å². The Balaban J connectivity index is 1.99. The molecule has 1 atom stereocenters. The molecule has 0 fully saturated rings. The van der Waals surface area contributed by atoms with Crippen molar-refractivity contribution in [3.63, 3.8) is 0 Å². The summed E-state index contributed by atoms with van der Waals surface area (Å²) >= 11 is -0.873. The highest BCUT2D eigenvalue weighted by molar-refractivity contribution is 14.1. The predicted octanol–water partition coefficient (Wildman–Crippen LogP) is 5.17. The molecule has 0 N–H and O–H groups in total. The molecule has 0 aliphatic heterocycles. The van der Waals surface area contributed by atoms with Crippen molar-refractivity contribution in [1.82, 2.24) is 9.55 Å². The molecule has 2 aromatic heterocycles. The second kappa shape index (κ2) is 10.4. The van der Waals surface area contributed by atoms with Crippen LogP contribution in [0, 0.1) is 9.39 Å². The third kappa shape index (κ3) is 6.79. The van der Waals surface area contributed by atoms with Crippen LogP contribution in [0.4, 0.5) is 14.9 Å². The molecule has 0 saturated carbocycles. The van der Waals surface area contributed by atoms with Gasteiger partial charge in [0.15, 0.2) is 5.65 Å². The molecule has 2 heterocycles. The topological polar surface area (TPSA) is 114 Å². The Morgan fingerprint density at radius 2 is 1.75 bits per heavy atom. The summed E-state index contributed by atoms with van der Waals surface area (Å²) in [7, 11) is 0. The third-order valence-electron chi connectivity index (χ3n) is 4.61.